The van der Waals surface area contributed by atoms with Crippen LogP contribution in [0, 0.1) is 0 Å². The molecule has 0 atom stereocenters. The molecule has 0 aliphatic carbocycles. The average Bonchev–Trinajstić information content (AvgIpc) is 3.01. The highest BCUT2D eigenvalue weighted by molar-refractivity contribution is 5.28. The van der Waals surface area contributed by atoms with Gasteiger partial charge in [-0.25, -0.2) is 4.98 Å². The van der Waals surface area contributed by atoms with E-state index in [0.29, 0.717) is 24.9 Å². The molecule has 2 heterocycles. The number of hydrogen-bond acceptors (Lipinski definition) is 8. The zero-order valence-corrected chi connectivity index (χ0v) is 12.6. The largest absolute Gasteiger partial charge is 0.463 e. The van der Waals surface area contributed by atoms with E-state index in [2.05, 4.69) is 30.4 Å². The zero-order valence-electron chi connectivity index (χ0n) is 12.6. The highest BCUT2D eigenvalue weighted by Crippen LogP contribution is 2.15. The number of nitrogens with zero attached hydrogens (tertiary/aromatic N) is 6. The summed E-state index contributed by atoms with van der Waals surface area (Å²) in [6.45, 7) is 4.41. The summed E-state index contributed by atoms with van der Waals surface area (Å²) in [6, 6.07) is 0.228. The second-order valence-corrected chi connectivity index (χ2v) is 4.89. The zero-order chi connectivity index (χ0) is 15.3. The molecule has 0 aromatic carbocycles. The predicted molar refractivity (Wildman–Crippen MR) is 75.5 cm³/mol. The van der Waals surface area contributed by atoms with Crippen molar-refractivity contribution in [2.45, 2.75) is 25.9 Å². The van der Waals surface area contributed by atoms with Gasteiger partial charge in [-0.15, -0.1) is 0 Å². The summed E-state index contributed by atoms with van der Waals surface area (Å²) in [7, 11) is 3.39. The summed E-state index contributed by atoms with van der Waals surface area (Å²) >= 11 is 0. The van der Waals surface area contributed by atoms with Crippen molar-refractivity contribution in [3.05, 3.63) is 12.7 Å². The van der Waals surface area contributed by atoms with Crippen molar-refractivity contribution in [2.75, 3.05) is 26.1 Å². The van der Waals surface area contributed by atoms with Crippen molar-refractivity contribution >= 4 is 5.95 Å². The van der Waals surface area contributed by atoms with Crippen LogP contribution < -0.4 is 10.1 Å². The minimum Gasteiger partial charge on any atom is -0.463 e. The monoisotopic (exact) mass is 293 g/mol. The van der Waals surface area contributed by atoms with Gasteiger partial charge in [-0.2, -0.15) is 24.7 Å². The lowest BCUT2D eigenvalue weighted by Crippen LogP contribution is -2.25. The Morgan fingerprint density at radius 2 is 2.10 bits per heavy atom. The maximum Gasteiger partial charge on any atom is 0.323 e. The van der Waals surface area contributed by atoms with Crippen LogP contribution in [0.15, 0.2) is 12.7 Å². The minimum atomic E-state index is -0.256. The van der Waals surface area contributed by atoms with Crippen LogP contribution in [0.25, 0.3) is 5.95 Å². The molecule has 0 unspecified atom stereocenters. The van der Waals surface area contributed by atoms with Gasteiger partial charge >= 0.3 is 6.01 Å². The number of rotatable bonds is 7. The lowest BCUT2D eigenvalue weighted by Gasteiger charge is -2.22. The molecule has 1 N–H and O–H groups in total. The number of nitrogens with one attached hydrogen (secondary N) is 1. The van der Waals surface area contributed by atoms with Crippen LogP contribution in [0.4, 0.5) is 5.95 Å². The molecule has 0 aliphatic heterocycles. The number of aromatic nitrogens is 6. The van der Waals surface area contributed by atoms with Crippen LogP contribution in [0.1, 0.15) is 20.3 Å². The van der Waals surface area contributed by atoms with E-state index < -0.39 is 0 Å². The van der Waals surface area contributed by atoms with E-state index in [1.54, 1.807) is 14.2 Å². The Balaban J connectivity index is 2.10. The molecule has 0 saturated heterocycles. The molecular formula is C12H19N7O2. The average molecular weight is 293 g/mol. The molecule has 0 spiro atoms. The van der Waals surface area contributed by atoms with Crippen molar-refractivity contribution < 1.29 is 9.47 Å². The van der Waals surface area contributed by atoms with Gasteiger partial charge in [0.1, 0.15) is 12.7 Å². The first-order valence-electron chi connectivity index (χ1n) is 6.51. The van der Waals surface area contributed by atoms with Gasteiger partial charge in [-0.3, -0.25) is 0 Å². The van der Waals surface area contributed by atoms with E-state index >= 15 is 0 Å². The standard InChI is InChI=1S/C12H19N7O2/c1-12(2,20-4)5-6-21-11-17-9(13-3)16-10(18-11)19-8-14-7-15-19/h7-8H,5-6H2,1-4H3,(H,13,16,17,18). The van der Waals surface area contributed by atoms with Crippen LogP contribution in [0.3, 0.4) is 0 Å². The lowest BCUT2D eigenvalue weighted by molar-refractivity contribution is 0.00467. The normalized spacial score (nSPS) is 11.4. The highest BCUT2D eigenvalue weighted by Gasteiger charge is 2.17. The fourth-order valence-corrected chi connectivity index (χ4v) is 1.43. The summed E-state index contributed by atoms with van der Waals surface area (Å²) in [5.74, 6) is 0.740. The third-order valence-electron chi connectivity index (χ3n) is 2.94. The molecule has 0 aliphatic rings. The summed E-state index contributed by atoms with van der Waals surface area (Å²) in [5.41, 5.74) is -0.256. The van der Waals surface area contributed by atoms with Gasteiger partial charge in [0, 0.05) is 20.6 Å². The second kappa shape index (κ2) is 6.44. The van der Waals surface area contributed by atoms with Gasteiger partial charge in [0.25, 0.3) is 5.95 Å². The van der Waals surface area contributed by atoms with Gasteiger partial charge in [-0.1, -0.05) is 0 Å². The Labute approximate surface area is 122 Å². The molecule has 0 amide bonds. The Hall–Kier alpha value is -2.29. The van der Waals surface area contributed by atoms with Crippen molar-refractivity contribution in [3.8, 4) is 12.0 Å². The number of methoxy groups -OCH3 is 1. The Morgan fingerprint density at radius 1 is 1.29 bits per heavy atom. The van der Waals surface area contributed by atoms with E-state index in [1.165, 1.54) is 17.3 Å². The van der Waals surface area contributed by atoms with Gasteiger partial charge in [0.15, 0.2) is 0 Å². The second-order valence-electron chi connectivity index (χ2n) is 4.89. The topological polar surface area (TPSA) is 99.9 Å². The van der Waals surface area contributed by atoms with Crippen molar-refractivity contribution in [2.24, 2.45) is 0 Å². The highest BCUT2D eigenvalue weighted by atomic mass is 16.5. The third kappa shape index (κ3) is 4.09. The number of anilines is 1. The smallest absolute Gasteiger partial charge is 0.323 e. The van der Waals surface area contributed by atoms with E-state index in [0.717, 1.165) is 0 Å². The van der Waals surface area contributed by atoms with Crippen molar-refractivity contribution in [1.82, 2.24) is 29.7 Å². The first kappa shape index (κ1) is 15.1. The van der Waals surface area contributed by atoms with Crippen LogP contribution in [-0.4, -0.2) is 56.1 Å². The summed E-state index contributed by atoms with van der Waals surface area (Å²) < 4.78 is 12.4. The third-order valence-corrected chi connectivity index (χ3v) is 2.94. The summed E-state index contributed by atoms with van der Waals surface area (Å²) in [5, 5.41) is 6.84. The van der Waals surface area contributed by atoms with E-state index in [-0.39, 0.29) is 11.6 Å². The van der Waals surface area contributed by atoms with E-state index in [1.807, 2.05) is 13.8 Å². The molecule has 0 radical (unpaired) electrons. The van der Waals surface area contributed by atoms with Crippen molar-refractivity contribution in [1.29, 1.82) is 0 Å². The quantitative estimate of drug-likeness (QED) is 0.795. The summed E-state index contributed by atoms with van der Waals surface area (Å²) in [6.07, 6.45) is 3.62. The van der Waals surface area contributed by atoms with Crippen LogP contribution >= 0.6 is 0 Å². The molecule has 2 rings (SSSR count). The molecule has 0 bridgehead atoms. The first-order valence-corrected chi connectivity index (χ1v) is 6.51. The van der Waals surface area contributed by atoms with Crippen LogP contribution in [0.2, 0.25) is 0 Å². The van der Waals surface area contributed by atoms with Crippen LogP contribution in [-0.2, 0) is 4.74 Å². The van der Waals surface area contributed by atoms with Gasteiger partial charge in [-0.05, 0) is 13.8 Å². The lowest BCUT2D eigenvalue weighted by atomic mass is 10.1. The first-order chi connectivity index (χ1) is 10.0. The van der Waals surface area contributed by atoms with Crippen molar-refractivity contribution in [3.63, 3.8) is 0 Å². The maximum atomic E-state index is 5.58. The maximum absolute atomic E-state index is 5.58. The molecule has 2 aromatic heterocycles. The number of hydrogen-bond donors (Lipinski definition) is 1. The molecule has 0 fully saturated rings. The predicted octanol–water partition coefficient (Wildman–Crippen LogP) is 0.688. The Morgan fingerprint density at radius 3 is 2.71 bits per heavy atom. The van der Waals surface area contributed by atoms with E-state index in [9.17, 15) is 0 Å². The van der Waals surface area contributed by atoms with Gasteiger partial charge in [0.2, 0.25) is 5.95 Å². The summed E-state index contributed by atoms with van der Waals surface area (Å²) in [4.78, 5) is 16.4. The molecule has 9 nitrogen and oxygen atoms in total. The molecule has 21 heavy (non-hydrogen) atoms. The molecule has 0 saturated carbocycles. The molecule has 9 heteroatoms. The SMILES string of the molecule is CNc1nc(OCCC(C)(C)OC)nc(-n2cncn2)n1. The van der Waals surface area contributed by atoms with Gasteiger partial charge in [0.05, 0.1) is 12.2 Å². The van der Waals surface area contributed by atoms with Gasteiger partial charge < -0.3 is 14.8 Å². The number of ether oxygens (including phenoxy) is 2. The Bertz CT molecular complexity index is 571. The molecule has 114 valence electrons. The fraction of sp³-hybridized carbons (Fsp3) is 0.583. The molecule has 2 aromatic rings. The minimum absolute atomic E-state index is 0.228. The fourth-order valence-electron chi connectivity index (χ4n) is 1.43. The molecular weight excluding hydrogens is 274 g/mol. The van der Waals surface area contributed by atoms with E-state index in [4.69, 9.17) is 9.47 Å². The van der Waals surface area contributed by atoms with Crippen LogP contribution in [0.5, 0.6) is 6.01 Å². The Kier molecular flexibility index (Phi) is 4.63.